The zero-order chi connectivity index (χ0) is 11.9. The van der Waals surface area contributed by atoms with Crippen LogP contribution in [-0.4, -0.2) is 11.0 Å². The topological polar surface area (TPSA) is 48.7 Å². The molecule has 1 heterocycles. The monoisotopic (exact) mass is 229 g/mol. The summed E-state index contributed by atoms with van der Waals surface area (Å²) in [5.74, 6) is 0.842. The smallest absolute Gasteiger partial charge is 0.127 e. The summed E-state index contributed by atoms with van der Waals surface area (Å²) in [5, 5.41) is 12.3. The predicted molar refractivity (Wildman–Crippen MR) is 68.7 cm³/mol. The first-order valence-electron chi connectivity index (χ1n) is 6.51. The van der Waals surface area contributed by atoms with Crippen LogP contribution >= 0.6 is 0 Å². The van der Waals surface area contributed by atoms with E-state index in [2.05, 4.69) is 16.4 Å². The Labute approximate surface area is 103 Å². The van der Waals surface area contributed by atoms with Crippen molar-refractivity contribution in [1.29, 1.82) is 5.26 Å². The number of aromatic nitrogens is 1. The fourth-order valence-corrected chi connectivity index (χ4v) is 2.39. The molecule has 0 amide bonds. The minimum atomic E-state index is 0.525. The lowest BCUT2D eigenvalue weighted by molar-refractivity contribution is 0.471. The van der Waals surface area contributed by atoms with Crippen molar-refractivity contribution in [1.82, 2.24) is 4.98 Å². The fourth-order valence-electron chi connectivity index (χ4n) is 2.39. The van der Waals surface area contributed by atoms with Gasteiger partial charge in [0.25, 0.3) is 0 Å². The van der Waals surface area contributed by atoms with Gasteiger partial charge in [-0.05, 0) is 25.0 Å². The van der Waals surface area contributed by atoms with Crippen LogP contribution in [-0.2, 0) is 0 Å². The molecule has 1 saturated carbocycles. The molecule has 0 bridgehead atoms. The molecule has 1 aromatic rings. The second-order valence-corrected chi connectivity index (χ2v) is 4.73. The summed E-state index contributed by atoms with van der Waals surface area (Å²) >= 11 is 0. The second kappa shape index (κ2) is 6.24. The van der Waals surface area contributed by atoms with E-state index in [1.165, 1.54) is 44.9 Å². The van der Waals surface area contributed by atoms with Crippen LogP contribution in [0.3, 0.4) is 0 Å². The van der Waals surface area contributed by atoms with Crippen LogP contribution in [0.25, 0.3) is 0 Å². The number of nitrogens with one attached hydrogen (secondary N) is 1. The molecule has 1 aliphatic carbocycles. The third-order valence-electron chi connectivity index (χ3n) is 3.35. The molecule has 3 nitrogen and oxygen atoms in total. The van der Waals surface area contributed by atoms with E-state index in [4.69, 9.17) is 5.26 Å². The summed E-state index contributed by atoms with van der Waals surface area (Å²) in [4.78, 5) is 4.27. The number of hydrogen-bond donors (Lipinski definition) is 1. The van der Waals surface area contributed by atoms with Crippen LogP contribution in [0.1, 0.15) is 50.5 Å². The van der Waals surface area contributed by atoms with Gasteiger partial charge in [0.05, 0.1) is 11.6 Å². The van der Waals surface area contributed by atoms with Crippen molar-refractivity contribution in [2.75, 3.05) is 5.32 Å². The molecule has 0 saturated heterocycles. The van der Waals surface area contributed by atoms with E-state index in [0.29, 0.717) is 11.6 Å². The Balaban J connectivity index is 1.96. The standard InChI is InChI=1S/C14H19N3/c15-11-12-8-9-16-14(10-12)17-13-6-4-2-1-3-5-7-13/h8-10,13H,1-7H2,(H,16,17). The van der Waals surface area contributed by atoms with Gasteiger partial charge in [-0.25, -0.2) is 4.98 Å². The van der Waals surface area contributed by atoms with Gasteiger partial charge >= 0.3 is 0 Å². The van der Waals surface area contributed by atoms with Gasteiger partial charge in [-0.2, -0.15) is 5.26 Å². The third kappa shape index (κ3) is 3.74. The normalized spacial score (nSPS) is 17.8. The summed E-state index contributed by atoms with van der Waals surface area (Å²) in [5.41, 5.74) is 0.674. The summed E-state index contributed by atoms with van der Waals surface area (Å²) < 4.78 is 0. The molecule has 2 rings (SSSR count). The molecule has 3 heteroatoms. The number of rotatable bonds is 2. The Morgan fingerprint density at radius 2 is 1.88 bits per heavy atom. The maximum absolute atomic E-state index is 8.84. The lowest BCUT2D eigenvalue weighted by atomic mass is 9.97. The van der Waals surface area contributed by atoms with E-state index in [1.807, 2.05) is 6.07 Å². The number of nitrogens with zero attached hydrogens (tertiary/aromatic N) is 2. The van der Waals surface area contributed by atoms with Crippen LogP contribution in [0.2, 0.25) is 0 Å². The number of nitriles is 1. The molecule has 90 valence electrons. The second-order valence-electron chi connectivity index (χ2n) is 4.73. The van der Waals surface area contributed by atoms with Gasteiger partial charge in [0.15, 0.2) is 0 Å². The predicted octanol–water partition coefficient (Wildman–Crippen LogP) is 3.48. The minimum absolute atomic E-state index is 0.525. The van der Waals surface area contributed by atoms with Gasteiger partial charge in [-0.3, -0.25) is 0 Å². The van der Waals surface area contributed by atoms with E-state index in [0.717, 1.165) is 5.82 Å². The third-order valence-corrected chi connectivity index (χ3v) is 3.35. The summed E-state index contributed by atoms with van der Waals surface area (Å²) in [7, 11) is 0. The Bertz CT molecular complexity index is 387. The van der Waals surface area contributed by atoms with E-state index in [1.54, 1.807) is 12.3 Å². The van der Waals surface area contributed by atoms with Crippen LogP contribution in [0.5, 0.6) is 0 Å². The van der Waals surface area contributed by atoms with E-state index >= 15 is 0 Å². The van der Waals surface area contributed by atoms with Crippen molar-refractivity contribution in [3.8, 4) is 6.07 Å². The minimum Gasteiger partial charge on any atom is -0.367 e. The van der Waals surface area contributed by atoms with E-state index in [-0.39, 0.29) is 0 Å². The molecule has 1 N–H and O–H groups in total. The first kappa shape index (κ1) is 11.9. The molecule has 0 aliphatic heterocycles. The van der Waals surface area contributed by atoms with Crippen molar-refractivity contribution < 1.29 is 0 Å². The van der Waals surface area contributed by atoms with Crippen LogP contribution in [0.15, 0.2) is 18.3 Å². The molecule has 0 radical (unpaired) electrons. The molecule has 0 aromatic carbocycles. The average molecular weight is 229 g/mol. The molecular formula is C14H19N3. The van der Waals surface area contributed by atoms with Gasteiger partial charge in [-0.15, -0.1) is 0 Å². The molecule has 1 aliphatic rings. The van der Waals surface area contributed by atoms with Crippen LogP contribution < -0.4 is 5.32 Å². The van der Waals surface area contributed by atoms with Crippen molar-refractivity contribution in [2.24, 2.45) is 0 Å². The van der Waals surface area contributed by atoms with Crippen LogP contribution in [0.4, 0.5) is 5.82 Å². The van der Waals surface area contributed by atoms with Gasteiger partial charge in [-0.1, -0.05) is 32.1 Å². The van der Waals surface area contributed by atoms with Gasteiger partial charge in [0.1, 0.15) is 5.82 Å². The van der Waals surface area contributed by atoms with Crippen molar-refractivity contribution >= 4 is 5.82 Å². The summed E-state index contributed by atoms with van der Waals surface area (Å²) in [6, 6.07) is 6.24. The van der Waals surface area contributed by atoms with Crippen molar-refractivity contribution in [3.05, 3.63) is 23.9 Å². The maximum atomic E-state index is 8.84. The molecule has 17 heavy (non-hydrogen) atoms. The quantitative estimate of drug-likeness (QED) is 0.844. The molecule has 0 atom stereocenters. The Morgan fingerprint density at radius 3 is 2.59 bits per heavy atom. The fraction of sp³-hybridized carbons (Fsp3) is 0.571. The first-order chi connectivity index (χ1) is 8.38. The Hall–Kier alpha value is -1.56. The number of hydrogen-bond acceptors (Lipinski definition) is 3. The zero-order valence-electron chi connectivity index (χ0n) is 10.2. The van der Waals surface area contributed by atoms with Gasteiger partial charge in [0.2, 0.25) is 0 Å². The SMILES string of the molecule is N#Cc1ccnc(NC2CCCCCCC2)c1. The highest BCUT2D eigenvalue weighted by Crippen LogP contribution is 2.20. The van der Waals surface area contributed by atoms with Crippen molar-refractivity contribution in [3.63, 3.8) is 0 Å². The highest BCUT2D eigenvalue weighted by Gasteiger charge is 2.11. The Kier molecular flexibility index (Phi) is 4.37. The summed E-state index contributed by atoms with van der Waals surface area (Å²) in [6.45, 7) is 0. The maximum Gasteiger partial charge on any atom is 0.127 e. The van der Waals surface area contributed by atoms with Crippen molar-refractivity contribution in [2.45, 2.75) is 51.0 Å². The largest absolute Gasteiger partial charge is 0.367 e. The molecule has 0 spiro atoms. The first-order valence-corrected chi connectivity index (χ1v) is 6.51. The molecular weight excluding hydrogens is 210 g/mol. The highest BCUT2D eigenvalue weighted by molar-refractivity contribution is 5.42. The molecule has 0 unspecified atom stereocenters. The van der Waals surface area contributed by atoms with E-state index in [9.17, 15) is 0 Å². The molecule has 1 fully saturated rings. The average Bonchev–Trinajstić information content (AvgIpc) is 2.33. The summed E-state index contributed by atoms with van der Waals surface area (Å²) in [6.07, 6.45) is 10.8. The molecule has 1 aromatic heterocycles. The number of anilines is 1. The van der Waals surface area contributed by atoms with Crippen LogP contribution in [0, 0.1) is 11.3 Å². The highest BCUT2D eigenvalue weighted by atomic mass is 15.0. The van der Waals surface area contributed by atoms with Gasteiger partial charge in [0, 0.05) is 12.2 Å². The zero-order valence-corrected chi connectivity index (χ0v) is 10.2. The van der Waals surface area contributed by atoms with E-state index < -0.39 is 0 Å². The number of pyridine rings is 1. The van der Waals surface area contributed by atoms with Gasteiger partial charge < -0.3 is 5.32 Å². The lowest BCUT2D eigenvalue weighted by Crippen LogP contribution is -2.21. The Morgan fingerprint density at radius 1 is 1.18 bits per heavy atom. The lowest BCUT2D eigenvalue weighted by Gasteiger charge is -2.21.